The Morgan fingerprint density at radius 1 is 1.43 bits per heavy atom. The van der Waals surface area contributed by atoms with Gasteiger partial charge in [0.05, 0.1) is 0 Å². The molecule has 0 spiro atoms. The van der Waals surface area contributed by atoms with Gasteiger partial charge in [-0.15, -0.1) is 6.42 Å². The van der Waals surface area contributed by atoms with Crippen molar-refractivity contribution in [1.29, 1.82) is 0 Å². The van der Waals surface area contributed by atoms with E-state index in [9.17, 15) is 4.79 Å². The predicted octanol–water partition coefficient (Wildman–Crippen LogP) is 1.52. The molecule has 0 fully saturated rings. The lowest BCUT2D eigenvalue weighted by atomic mass is 9.92. The highest BCUT2D eigenvalue weighted by Gasteiger charge is 2.19. The second-order valence-electron chi connectivity index (χ2n) is 3.23. The molecule has 2 unspecified atom stereocenters. The van der Waals surface area contributed by atoms with E-state index in [0.717, 1.165) is 5.56 Å². The van der Waals surface area contributed by atoms with Gasteiger partial charge in [0.25, 0.3) is 0 Å². The fourth-order valence-corrected chi connectivity index (χ4v) is 1.26. The second-order valence-corrected chi connectivity index (χ2v) is 3.23. The van der Waals surface area contributed by atoms with E-state index in [1.54, 1.807) is 6.92 Å². The van der Waals surface area contributed by atoms with Crippen LogP contribution in [0.3, 0.4) is 0 Å². The first kappa shape index (κ1) is 10.5. The van der Waals surface area contributed by atoms with Crippen LogP contribution in [0.1, 0.15) is 18.5 Å². The van der Waals surface area contributed by atoms with Gasteiger partial charge in [-0.1, -0.05) is 37.3 Å². The molecule has 2 nitrogen and oxygen atoms in total. The zero-order valence-electron chi connectivity index (χ0n) is 8.10. The molecule has 0 radical (unpaired) electrons. The van der Waals surface area contributed by atoms with Crippen molar-refractivity contribution in [3.05, 3.63) is 35.9 Å². The molecule has 0 aromatic heterocycles. The van der Waals surface area contributed by atoms with Crippen molar-refractivity contribution >= 4 is 5.78 Å². The van der Waals surface area contributed by atoms with E-state index < -0.39 is 0 Å². The molecule has 0 heterocycles. The van der Waals surface area contributed by atoms with Crippen molar-refractivity contribution in [2.75, 3.05) is 0 Å². The molecule has 2 atom stereocenters. The maximum absolute atomic E-state index is 11.2. The lowest BCUT2D eigenvalue weighted by Gasteiger charge is -2.16. The molecular formula is C12H13NO. The van der Waals surface area contributed by atoms with Crippen LogP contribution >= 0.6 is 0 Å². The van der Waals surface area contributed by atoms with E-state index in [1.165, 1.54) is 0 Å². The molecule has 0 aliphatic carbocycles. The van der Waals surface area contributed by atoms with Crippen LogP contribution in [0.2, 0.25) is 0 Å². The van der Waals surface area contributed by atoms with E-state index in [2.05, 4.69) is 5.92 Å². The summed E-state index contributed by atoms with van der Waals surface area (Å²) in [5.74, 6) is 1.52. The molecule has 0 saturated heterocycles. The van der Waals surface area contributed by atoms with Gasteiger partial charge in [0, 0.05) is 12.0 Å². The molecule has 0 saturated carbocycles. The monoisotopic (exact) mass is 187 g/mol. The van der Waals surface area contributed by atoms with Crippen LogP contribution in [0, 0.1) is 18.3 Å². The summed E-state index contributed by atoms with van der Waals surface area (Å²) in [5.41, 5.74) is 6.83. The van der Waals surface area contributed by atoms with Crippen LogP contribution in [0.4, 0.5) is 0 Å². The predicted molar refractivity (Wildman–Crippen MR) is 56.4 cm³/mol. The highest BCUT2D eigenvalue weighted by atomic mass is 16.1. The maximum atomic E-state index is 11.2. The smallest absolute Gasteiger partial charge is 0.209 e. The minimum Gasteiger partial charge on any atom is -0.323 e. The molecule has 14 heavy (non-hydrogen) atoms. The number of rotatable bonds is 3. The highest BCUT2D eigenvalue weighted by Crippen LogP contribution is 2.19. The first-order chi connectivity index (χ1) is 6.66. The number of terminal acetylenes is 1. The largest absolute Gasteiger partial charge is 0.323 e. The van der Waals surface area contributed by atoms with Crippen LogP contribution in [0.25, 0.3) is 0 Å². The fourth-order valence-electron chi connectivity index (χ4n) is 1.26. The summed E-state index contributed by atoms with van der Waals surface area (Å²) in [5, 5.41) is 0. The van der Waals surface area contributed by atoms with Gasteiger partial charge in [0.1, 0.15) is 0 Å². The molecule has 1 aromatic rings. The van der Waals surface area contributed by atoms with Crippen LogP contribution in [-0.2, 0) is 4.79 Å². The third-order valence-corrected chi connectivity index (χ3v) is 2.28. The number of carbonyl (C=O) groups is 1. The number of hydrogen-bond acceptors (Lipinski definition) is 2. The third-order valence-electron chi connectivity index (χ3n) is 2.28. The minimum absolute atomic E-state index is 0.249. The van der Waals surface area contributed by atoms with Crippen LogP contribution in [0.5, 0.6) is 0 Å². The summed E-state index contributed by atoms with van der Waals surface area (Å²) in [4.78, 5) is 11.2. The first-order valence-corrected chi connectivity index (χ1v) is 4.47. The number of Topliss-reactive ketones (excluding diaryl/α,β-unsaturated/α-hetero) is 1. The van der Waals surface area contributed by atoms with Crippen molar-refractivity contribution in [2.24, 2.45) is 11.7 Å². The zero-order valence-corrected chi connectivity index (χ0v) is 8.10. The summed E-state index contributed by atoms with van der Waals surface area (Å²) in [7, 11) is 0. The molecule has 1 aromatic carbocycles. The molecule has 0 aliphatic heterocycles. The van der Waals surface area contributed by atoms with E-state index in [4.69, 9.17) is 12.2 Å². The normalized spacial score (nSPS) is 14.1. The molecule has 2 N–H and O–H groups in total. The molecule has 1 rings (SSSR count). The van der Waals surface area contributed by atoms with Gasteiger partial charge < -0.3 is 5.73 Å². The summed E-state index contributed by atoms with van der Waals surface area (Å²) in [6.45, 7) is 1.75. The van der Waals surface area contributed by atoms with E-state index >= 15 is 0 Å². The Hall–Kier alpha value is -1.59. The maximum Gasteiger partial charge on any atom is 0.209 e. The van der Waals surface area contributed by atoms with Crippen LogP contribution < -0.4 is 5.73 Å². The summed E-state index contributed by atoms with van der Waals surface area (Å²) in [6.07, 6.45) is 5.03. The van der Waals surface area contributed by atoms with Gasteiger partial charge >= 0.3 is 0 Å². The van der Waals surface area contributed by atoms with Gasteiger partial charge in [-0.3, -0.25) is 4.79 Å². The SMILES string of the molecule is C#CC(=O)C(C)C(N)c1ccccc1. The summed E-state index contributed by atoms with van der Waals surface area (Å²) >= 11 is 0. The lowest BCUT2D eigenvalue weighted by molar-refractivity contribution is -0.117. The van der Waals surface area contributed by atoms with Crippen molar-refractivity contribution in [3.8, 4) is 12.3 Å². The van der Waals surface area contributed by atoms with Crippen molar-refractivity contribution in [1.82, 2.24) is 0 Å². The zero-order chi connectivity index (χ0) is 10.6. The quantitative estimate of drug-likeness (QED) is 0.576. The van der Waals surface area contributed by atoms with Crippen LogP contribution in [-0.4, -0.2) is 5.78 Å². The average molecular weight is 187 g/mol. The Morgan fingerprint density at radius 2 is 2.00 bits per heavy atom. The Bertz CT molecular complexity index is 350. The molecule has 0 amide bonds. The molecule has 0 bridgehead atoms. The van der Waals surface area contributed by atoms with Crippen LogP contribution in [0.15, 0.2) is 30.3 Å². The van der Waals surface area contributed by atoms with E-state index in [-0.39, 0.29) is 17.7 Å². The number of nitrogens with two attached hydrogens (primary N) is 1. The molecule has 72 valence electrons. The molecule has 2 heteroatoms. The van der Waals surface area contributed by atoms with Crippen molar-refractivity contribution in [2.45, 2.75) is 13.0 Å². The van der Waals surface area contributed by atoms with Crippen molar-refractivity contribution < 1.29 is 4.79 Å². The summed E-state index contributed by atoms with van der Waals surface area (Å²) < 4.78 is 0. The first-order valence-electron chi connectivity index (χ1n) is 4.47. The number of hydrogen-bond donors (Lipinski definition) is 1. The fraction of sp³-hybridized carbons (Fsp3) is 0.250. The topological polar surface area (TPSA) is 43.1 Å². The standard InChI is InChI=1S/C12H13NO/c1-3-11(14)9(2)12(13)10-7-5-4-6-8-10/h1,4-9,12H,13H2,2H3. The molecular weight excluding hydrogens is 174 g/mol. The Morgan fingerprint density at radius 3 is 2.50 bits per heavy atom. The van der Waals surface area contributed by atoms with Gasteiger partial charge in [-0.2, -0.15) is 0 Å². The third kappa shape index (κ3) is 2.21. The minimum atomic E-state index is -0.331. The Labute approximate surface area is 84.1 Å². The van der Waals surface area contributed by atoms with Crippen molar-refractivity contribution in [3.63, 3.8) is 0 Å². The Kier molecular flexibility index (Phi) is 3.44. The van der Waals surface area contributed by atoms with E-state index in [0.29, 0.717) is 0 Å². The molecule has 0 aliphatic rings. The highest BCUT2D eigenvalue weighted by molar-refractivity contribution is 5.97. The number of ketones is 1. The Balaban J connectivity index is 2.82. The summed E-state index contributed by atoms with van der Waals surface area (Å²) in [6, 6.07) is 9.16. The van der Waals surface area contributed by atoms with Gasteiger partial charge in [-0.25, -0.2) is 0 Å². The lowest BCUT2D eigenvalue weighted by Crippen LogP contribution is -2.24. The van der Waals surface area contributed by atoms with E-state index in [1.807, 2.05) is 30.3 Å². The van der Waals surface area contributed by atoms with Gasteiger partial charge in [-0.05, 0) is 11.5 Å². The number of benzene rings is 1. The van der Waals surface area contributed by atoms with Gasteiger partial charge in [0.15, 0.2) is 0 Å². The number of carbonyl (C=O) groups excluding carboxylic acids is 1. The second kappa shape index (κ2) is 4.59. The van der Waals surface area contributed by atoms with Gasteiger partial charge in [0.2, 0.25) is 5.78 Å². The average Bonchev–Trinajstić information content (AvgIpc) is 2.27.